The molecule has 1 saturated heterocycles. The Balaban J connectivity index is 0.000000336. The zero-order chi connectivity index (χ0) is 11.7. The maximum absolute atomic E-state index is 9.43. The molecule has 0 aromatic rings. The van der Waals surface area contributed by atoms with Crippen LogP contribution < -0.4 is 0 Å². The summed E-state index contributed by atoms with van der Waals surface area (Å²) in [7, 11) is 3.38. The molecule has 1 rings (SSSR count). The topological polar surface area (TPSA) is 32.8 Å². The van der Waals surface area contributed by atoms with Gasteiger partial charge in [0.2, 0.25) is 6.41 Å². The van der Waals surface area contributed by atoms with Crippen molar-refractivity contribution in [1.29, 1.82) is 0 Å². The number of carbonyl (C=O) groups excluding carboxylic acids is 1. The smallest absolute Gasteiger partial charge is 0.209 e. The number of ether oxygens (including phenoxy) is 1. The molecule has 0 spiro atoms. The van der Waals surface area contributed by atoms with Gasteiger partial charge >= 0.3 is 0 Å². The summed E-state index contributed by atoms with van der Waals surface area (Å²) >= 11 is 0. The molecule has 15 heavy (non-hydrogen) atoms. The second-order valence-electron chi connectivity index (χ2n) is 3.83. The zero-order valence-electron chi connectivity index (χ0n) is 10.4. The minimum atomic E-state index is 0.518. The second kappa shape index (κ2) is 8.68. The summed E-state index contributed by atoms with van der Waals surface area (Å²) in [5, 5.41) is 0. The van der Waals surface area contributed by atoms with Gasteiger partial charge in [-0.25, -0.2) is 0 Å². The molecule has 90 valence electrons. The van der Waals surface area contributed by atoms with Gasteiger partial charge in [-0.2, -0.15) is 0 Å². The Labute approximate surface area is 93.2 Å². The van der Waals surface area contributed by atoms with Crippen LogP contribution in [0.1, 0.15) is 20.3 Å². The van der Waals surface area contributed by atoms with Gasteiger partial charge in [-0.1, -0.05) is 6.92 Å². The van der Waals surface area contributed by atoms with Crippen LogP contribution in [-0.2, 0) is 9.53 Å². The first kappa shape index (κ1) is 14.4. The molecular formula is C11H24N2O2. The monoisotopic (exact) mass is 216 g/mol. The number of hydrogen-bond donors (Lipinski definition) is 0. The van der Waals surface area contributed by atoms with Crippen molar-refractivity contribution < 1.29 is 9.53 Å². The lowest BCUT2D eigenvalue weighted by Crippen LogP contribution is -2.22. The first-order valence-corrected chi connectivity index (χ1v) is 5.59. The summed E-state index contributed by atoms with van der Waals surface area (Å²) < 4.78 is 5.49. The van der Waals surface area contributed by atoms with E-state index < -0.39 is 0 Å². The average Bonchev–Trinajstić information content (AvgIpc) is 2.67. The summed E-state index contributed by atoms with van der Waals surface area (Å²) in [5.41, 5.74) is 0. The number of hydrogen-bond acceptors (Lipinski definition) is 3. The minimum Gasteiger partial charge on any atom is -0.377 e. The molecule has 0 radical (unpaired) electrons. The molecule has 0 bridgehead atoms. The number of rotatable bonds is 4. The fraction of sp³-hybridized carbons (Fsp3) is 0.909. The average molecular weight is 216 g/mol. The van der Waals surface area contributed by atoms with Crippen molar-refractivity contribution >= 4 is 6.41 Å². The molecular weight excluding hydrogens is 192 g/mol. The molecule has 1 fully saturated rings. The van der Waals surface area contributed by atoms with Crippen molar-refractivity contribution in [1.82, 2.24) is 9.80 Å². The first-order valence-electron chi connectivity index (χ1n) is 5.59. The highest BCUT2D eigenvalue weighted by Gasteiger charge is 2.20. The Morgan fingerprint density at radius 3 is 2.40 bits per heavy atom. The molecule has 0 aromatic heterocycles. The normalized spacial score (nSPS) is 20.7. The van der Waals surface area contributed by atoms with E-state index in [1.54, 1.807) is 14.1 Å². The van der Waals surface area contributed by atoms with Gasteiger partial charge < -0.3 is 14.5 Å². The van der Waals surface area contributed by atoms with E-state index in [0.717, 1.165) is 19.6 Å². The first-order chi connectivity index (χ1) is 7.13. The van der Waals surface area contributed by atoms with E-state index in [9.17, 15) is 4.79 Å². The molecule has 0 aliphatic carbocycles. The van der Waals surface area contributed by atoms with Crippen LogP contribution in [0.3, 0.4) is 0 Å². The van der Waals surface area contributed by atoms with Crippen molar-refractivity contribution in [3.05, 3.63) is 0 Å². The molecule has 0 aromatic carbocycles. The van der Waals surface area contributed by atoms with Gasteiger partial charge in [0, 0.05) is 33.8 Å². The highest BCUT2D eigenvalue weighted by atomic mass is 16.5. The third-order valence-electron chi connectivity index (χ3n) is 2.29. The number of nitrogens with zero attached hydrogens (tertiary/aromatic N) is 2. The van der Waals surface area contributed by atoms with Gasteiger partial charge in [0.25, 0.3) is 0 Å². The molecule has 0 saturated carbocycles. The van der Waals surface area contributed by atoms with Gasteiger partial charge in [-0.05, 0) is 19.9 Å². The highest BCUT2D eigenvalue weighted by Crippen LogP contribution is 2.11. The fourth-order valence-corrected chi connectivity index (χ4v) is 1.46. The SMILES string of the molecule is CCOC1CCN(CC)C1.CN(C)C=O. The molecule has 1 aliphatic heterocycles. The third kappa shape index (κ3) is 7.33. The van der Waals surface area contributed by atoms with Crippen molar-refractivity contribution in [2.24, 2.45) is 0 Å². The van der Waals surface area contributed by atoms with E-state index >= 15 is 0 Å². The predicted octanol–water partition coefficient (Wildman–Crippen LogP) is 0.821. The zero-order valence-corrected chi connectivity index (χ0v) is 10.4. The van der Waals surface area contributed by atoms with Crippen molar-refractivity contribution in [2.45, 2.75) is 26.4 Å². The van der Waals surface area contributed by atoms with E-state index in [2.05, 4.69) is 18.7 Å². The van der Waals surface area contributed by atoms with Crippen LogP contribution in [0.4, 0.5) is 0 Å². The van der Waals surface area contributed by atoms with Crippen LogP contribution in [0.2, 0.25) is 0 Å². The van der Waals surface area contributed by atoms with Crippen molar-refractivity contribution in [2.75, 3.05) is 40.3 Å². The summed E-state index contributed by atoms with van der Waals surface area (Å²) in [6.07, 6.45) is 2.49. The molecule has 1 amide bonds. The quantitative estimate of drug-likeness (QED) is 0.652. The van der Waals surface area contributed by atoms with E-state index in [4.69, 9.17) is 4.74 Å². The van der Waals surface area contributed by atoms with Crippen LogP contribution in [-0.4, -0.2) is 62.7 Å². The summed E-state index contributed by atoms with van der Waals surface area (Å²) in [6, 6.07) is 0. The number of carbonyl (C=O) groups is 1. The van der Waals surface area contributed by atoms with Crippen LogP contribution in [0.25, 0.3) is 0 Å². The highest BCUT2D eigenvalue weighted by molar-refractivity contribution is 5.45. The Kier molecular flexibility index (Phi) is 8.33. The van der Waals surface area contributed by atoms with Gasteiger partial charge in [0.15, 0.2) is 0 Å². The van der Waals surface area contributed by atoms with E-state index in [-0.39, 0.29) is 0 Å². The van der Waals surface area contributed by atoms with E-state index in [0.29, 0.717) is 6.10 Å². The molecule has 0 N–H and O–H groups in total. The number of amides is 1. The number of likely N-dealkylation sites (N-methyl/N-ethyl adjacent to an activating group) is 1. The van der Waals surface area contributed by atoms with Gasteiger partial charge in [-0.3, -0.25) is 4.79 Å². The fourth-order valence-electron chi connectivity index (χ4n) is 1.46. The van der Waals surface area contributed by atoms with Gasteiger partial charge in [0.1, 0.15) is 0 Å². The van der Waals surface area contributed by atoms with Crippen LogP contribution in [0.5, 0.6) is 0 Å². The maximum atomic E-state index is 9.43. The lowest BCUT2D eigenvalue weighted by molar-refractivity contribution is -0.115. The maximum Gasteiger partial charge on any atom is 0.209 e. The molecule has 4 nitrogen and oxygen atoms in total. The minimum absolute atomic E-state index is 0.518. The third-order valence-corrected chi connectivity index (χ3v) is 2.29. The molecule has 1 heterocycles. The van der Waals surface area contributed by atoms with Crippen LogP contribution in [0.15, 0.2) is 0 Å². The molecule has 1 aliphatic rings. The lowest BCUT2D eigenvalue weighted by atomic mass is 10.3. The molecule has 1 unspecified atom stereocenters. The Bertz CT molecular complexity index is 163. The number of likely N-dealkylation sites (tertiary alicyclic amines) is 1. The van der Waals surface area contributed by atoms with Crippen LogP contribution in [0, 0.1) is 0 Å². The summed E-state index contributed by atoms with van der Waals surface area (Å²) in [4.78, 5) is 13.3. The Hall–Kier alpha value is -0.610. The van der Waals surface area contributed by atoms with Gasteiger partial charge in [0.05, 0.1) is 6.10 Å². The van der Waals surface area contributed by atoms with E-state index in [1.807, 2.05) is 0 Å². The Morgan fingerprint density at radius 2 is 2.07 bits per heavy atom. The standard InChI is InChI=1S/C8H17NO.C3H7NO/c1-3-9-6-5-8(7-9)10-4-2;1-4(2)3-5/h8H,3-7H2,1-2H3;3H,1-2H3. The summed E-state index contributed by atoms with van der Waals surface area (Å²) in [5.74, 6) is 0. The molecule has 4 heteroatoms. The predicted molar refractivity (Wildman–Crippen MR) is 61.9 cm³/mol. The molecule has 1 atom stereocenters. The lowest BCUT2D eigenvalue weighted by Gasteiger charge is -2.12. The summed E-state index contributed by atoms with van der Waals surface area (Å²) in [6.45, 7) is 8.67. The second-order valence-corrected chi connectivity index (χ2v) is 3.83. The Morgan fingerprint density at radius 1 is 1.47 bits per heavy atom. The largest absolute Gasteiger partial charge is 0.377 e. The van der Waals surface area contributed by atoms with Crippen molar-refractivity contribution in [3.63, 3.8) is 0 Å². The van der Waals surface area contributed by atoms with Crippen LogP contribution >= 0.6 is 0 Å². The van der Waals surface area contributed by atoms with Gasteiger partial charge in [-0.15, -0.1) is 0 Å². The van der Waals surface area contributed by atoms with Crippen molar-refractivity contribution in [3.8, 4) is 0 Å². The van der Waals surface area contributed by atoms with E-state index in [1.165, 1.54) is 24.4 Å².